The number of piperazine rings is 1. The Balaban J connectivity index is 2.19. The Kier molecular flexibility index (Phi) is 4.16. The van der Waals surface area contributed by atoms with Gasteiger partial charge in [0.2, 0.25) is 0 Å². The highest BCUT2D eigenvalue weighted by Gasteiger charge is 2.19. The summed E-state index contributed by atoms with van der Waals surface area (Å²) in [4.78, 5) is 14.2. The third kappa shape index (κ3) is 3.51. The van der Waals surface area contributed by atoms with Crippen LogP contribution in [-0.2, 0) is 0 Å². The van der Waals surface area contributed by atoms with Crippen LogP contribution in [0.3, 0.4) is 0 Å². The van der Waals surface area contributed by atoms with E-state index in [2.05, 4.69) is 4.90 Å². The highest BCUT2D eigenvalue weighted by atomic mass is 16.4. The van der Waals surface area contributed by atoms with Crippen molar-refractivity contribution in [2.45, 2.75) is 19.4 Å². The van der Waals surface area contributed by atoms with Gasteiger partial charge >= 0.3 is 6.09 Å². The van der Waals surface area contributed by atoms with Crippen LogP contribution >= 0.6 is 0 Å². The molecule has 1 atom stereocenters. The molecule has 14 heavy (non-hydrogen) atoms. The minimum Gasteiger partial charge on any atom is -0.465 e. The number of aliphatic hydroxyl groups excluding tert-OH is 1. The maximum absolute atomic E-state index is 10.6. The number of hydrogen-bond acceptors (Lipinski definition) is 3. The van der Waals surface area contributed by atoms with Crippen LogP contribution in [0.5, 0.6) is 0 Å². The molecule has 0 spiro atoms. The summed E-state index contributed by atoms with van der Waals surface area (Å²) >= 11 is 0. The van der Waals surface area contributed by atoms with Gasteiger partial charge in [-0.05, 0) is 13.3 Å². The van der Waals surface area contributed by atoms with Crippen molar-refractivity contribution in [1.82, 2.24) is 9.80 Å². The van der Waals surface area contributed by atoms with Crippen LogP contribution in [0, 0.1) is 0 Å². The minimum absolute atomic E-state index is 0.271. The number of carboxylic acid groups (broad SMARTS) is 1. The predicted octanol–water partition coefficient (Wildman–Crippen LogP) is 0.0529. The van der Waals surface area contributed by atoms with Gasteiger partial charge in [-0.2, -0.15) is 0 Å². The molecule has 1 amide bonds. The van der Waals surface area contributed by atoms with Crippen molar-refractivity contribution < 1.29 is 15.0 Å². The molecule has 0 bridgehead atoms. The zero-order valence-electron chi connectivity index (χ0n) is 8.52. The number of aliphatic hydroxyl groups is 1. The van der Waals surface area contributed by atoms with Gasteiger partial charge in [-0.1, -0.05) is 0 Å². The average Bonchev–Trinajstić information content (AvgIpc) is 2.15. The normalized spacial score (nSPS) is 20.9. The minimum atomic E-state index is -0.833. The standard InChI is InChI=1S/C9H18N2O3/c1-8(12)2-3-10-4-6-11(7-5-10)9(13)14/h8,12H,2-7H2,1H3,(H,13,14). The van der Waals surface area contributed by atoms with Gasteiger partial charge < -0.3 is 15.1 Å². The lowest BCUT2D eigenvalue weighted by atomic mass is 10.2. The molecule has 0 aromatic carbocycles. The molecule has 1 heterocycles. The van der Waals surface area contributed by atoms with E-state index in [0.717, 1.165) is 26.1 Å². The van der Waals surface area contributed by atoms with Gasteiger partial charge in [-0.25, -0.2) is 4.79 Å². The van der Waals surface area contributed by atoms with E-state index in [9.17, 15) is 4.79 Å². The lowest BCUT2D eigenvalue weighted by Gasteiger charge is -2.33. The Morgan fingerprint density at radius 3 is 2.36 bits per heavy atom. The van der Waals surface area contributed by atoms with E-state index in [0.29, 0.717) is 13.1 Å². The topological polar surface area (TPSA) is 64.0 Å². The predicted molar refractivity (Wildman–Crippen MR) is 52.3 cm³/mol. The number of rotatable bonds is 3. The second-order valence-corrected chi connectivity index (χ2v) is 3.75. The van der Waals surface area contributed by atoms with Crippen LogP contribution < -0.4 is 0 Å². The number of nitrogens with zero attached hydrogens (tertiary/aromatic N) is 2. The van der Waals surface area contributed by atoms with Gasteiger partial charge in [0.25, 0.3) is 0 Å². The highest BCUT2D eigenvalue weighted by Crippen LogP contribution is 2.03. The maximum Gasteiger partial charge on any atom is 0.407 e. The molecule has 0 aliphatic carbocycles. The molecule has 1 aliphatic rings. The lowest BCUT2D eigenvalue weighted by Crippen LogP contribution is -2.48. The van der Waals surface area contributed by atoms with Gasteiger partial charge in [0, 0.05) is 32.7 Å². The van der Waals surface area contributed by atoms with Gasteiger partial charge in [0.1, 0.15) is 0 Å². The zero-order valence-corrected chi connectivity index (χ0v) is 8.52. The molecule has 5 heteroatoms. The van der Waals surface area contributed by atoms with Crippen molar-refractivity contribution in [3.63, 3.8) is 0 Å². The Hall–Kier alpha value is -0.810. The highest BCUT2D eigenvalue weighted by molar-refractivity contribution is 5.65. The van der Waals surface area contributed by atoms with E-state index >= 15 is 0 Å². The molecule has 1 saturated heterocycles. The van der Waals surface area contributed by atoms with Gasteiger partial charge in [-0.15, -0.1) is 0 Å². The fourth-order valence-corrected chi connectivity index (χ4v) is 1.53. The maximum atomic E-state index is 10.6. The molecule has 1 fully saturated rings. The molecule has 1 rings (SSSR count). The van der Waals surface area contributed by atoms with E-state index in [1.54, 1.807) is 6.92 Å². The first kappa shape index (κ1) is 11.3. The number of hydrogen-bond donors (Lipinski definition) is 2. The smallest absolute Gasteiger partial charge is 0.407 e. The molecular weight excluding hydrogens is 184 g/mol. The largest absolute Gasteiger partial charge is 0.465 e. The summed E-state index contributed by atoms with van der Waals surface area (Å²) in [6.45, 7) is 5.33. The van der Waals surface area contributed by atoms with Crippen LogP contribution in [0.15, 0.2) is 0 Å². The van der Waals surface area contributed by atoms with Crippen molar-refractivity contribution in [2.75, 3.05) is 32.7 Å². The third-order valence-electron chi connectivity index (χ3n) is 2.51. The van der Waals surface area contributed by atoms with Gasteiger partial charge in [0.15, 0.2) is 0 Å². The molecule has 5 nitrogen and oxygen atoms in total. The first-order valence-corrected chi connectivity index (χ1v) is 4.98. The van der Waals surface area contributed by atoms with E-state index in [-0.39, 0.29) is 6.10 Å². The molecule has 0 radical (unpaired) electrons. The molecule has 0 aromatic rings. The molecule has 0 saturated carbocycles. The summed E-state index contributed by atoms with van der Waals surface area (Å²) in [5.74, 6) is 0. The summed E-state index contributed by atoms with van der Waals surface area (Å²) in [6.07, 6.45) is -0.347. The second-order valence-electron chi connectivity index (χ2n) is 3.75. The zero-order chi connectivity index (χ0) is 10.6. The third-order valence-corrected chi connectivity index (χ3v) is 2.51. The first-order chi connectivity index (χ1) is 6.59. The Labute approximate surface area is 83.9 Å². The fraction of sp³-hybridized carbons (Fsp3) is 0.889. The molecular formula is C9H18N2O3. The lowest BCUT2D eigenvalue weighted by molar-refractivity contribution is 0.0945. The fourth-order valence-electron chi connectivity index (χ4n) is 1.53. The quantitative estimate of drug-likeness (QED) is 0.679. The molecule has 82 valence electrons. The second kappa shape index (κ2) is 5.17. The number of carbonyl (C=O) groups is 1. The van der Waals surface area contributed by atoms with Crippen molar-refractivity contribution in [1.29, 1.82) is 0 Å². The van der Waals surface area contributed by atoms with Crippen LogP contribution in [0.4, 0.5) is 4.79 Å². The molecule has 2 N–H and O–H groups in total. The number of amides is 1. The monoisotopic (exact) mass is 202 g/mol. The van der Waals surface area contributed by atoms with Gasteiger partial charge in [-0.3, -0.25) is 4.90 Å². The van der Waals surface area contributed by atoms with Crippen molar-refractivity contribution >= 4 is 6.09 Å². The molecule has 1 unspecified atom stereocenters. The van der Waals surface area contributed by atoms with E-state index in [1.807, 2.05) is 0 Å². The van der Waals surface area contributed by atoms with Crippen LogP contribution in [0.25, 0.3) is 0 Å². The van der Waals surface area contributed by atoms with Crippen molar-refractivity contribution in [2.24, 2.45) is 0 Å². The Morgan fingerprint density at radius 2 is 1.93 bits per heavy atom. The van der Waals surface area contributed by atoms with E-state index in [4.69, 9.17) is 10.2 Å². The van der Waals surface area contributed by atoms with Crippen molar-refractivity contribution in [3.8, 4) is 0 Å². The molecule has 0 aromatic heterocycles. The Morgan fingerprint density at radius 1 is 1.36 bits per heavy atom. The first-order valence-electron chi connectivity index (χ1n) is 4.98. The summed E-state index contributed by atoms with van der Waals surface area (Å²) < 4.78 is 0. The van der Waals surface area contributed by atoms with E-state index in [1.165, 1.54) is 4.90 Å². The summed E-state index contributed by atoms with van der Waals surface area (Å²) in [7, 11) is 0. The van der Waals surface area contributed by atoms with Gasteiger partial charge in [0.05, 0.1) is 6.10 Å². The van der Waals surface area contributed by atoms with Crippen molar-refractivity contribution in [3.05, 3.63) is 0 Å². The SMILES string of the molecule is CC(O)CCN1CCN(C(=O)O)CC1. The van der Waals surface area contributed by atoms with E-state index < -0.39 is 6.09 Å². The summed E-state index contributed by atoms with van der Waals surface area (Å²) in [5.41, 5.74) is 0. The summed E-state index contributed by atoms with van der Waals surface area (Å²) in [6, 6.07) is 0. The van der Waals surface area contributed by atoms with Crippen LogP contribution in [0.1, 0.15) is 13.3 Å². The Bertz CT molecular complexity index is 188. The van der Waals surface area contributed by atoms with Crippen LogP contribution in [-0.4, -0.2) is 64.9 Å². The summed E-state index contributed by atoms with van der Waals surface area (Å²) in [5, 5.41) is 17.8. The molecule has 1 aliphatic heterocycles. The average molecular weight is 202 g/mol. The van der Waals surface area contributed by atoms with Crippen LogP contribution in [0.2, 0.25) is 0 Å².